The summed E-state index contributed by atoms with van der Waals surface area (Å²) >= 11 is 3.54. The van der Waals surface area contributed by atoms with Crippen LogP contribution in [0.2, 0.25) is 0 Å². The highest BCUT2D eigenvalue weighted by Gasteiger charge is 2.39. The lowest BCUT2D eigenvalue weighted by Crippen LogP contribution is -2.56. The summed E-state index contributed by atoms with van der Waals surface area (Å²) in [4.78, 5) is 23.7. The Kier molecular flexibility index (Phi) is 8.56. The predicted octanol–water partition coefficient (Wildman–Crippen LogP) is 6.60. The zero-order chi connectivity index (χ0) is 25.9. The second kappa shape index (κ2) is 11.5. The molecule has 2 aliphatic rings. The summed E-state index contributed by atoms with van der Waals surface area (Å²) in [5.74, 6) is 0.572. The maximum absolute atomic E-state index is 13.3. The van der Waals surface area contributed by atoms with Crippen molar-refractivity contribution in [2.24, 2.45) is 11.1 Å². The van der Waals surface area contributed by atoms with Crippen molar-refractivity contribution >= 4 is 27.5 Å². The van der Waals surface area contributed by atoms with Crippen molar-refractivity contribution in [2.75, 3.05) is 26.2 Å². The third kappa shape index (κ3) is 6.03. The molecule has 0 aromatic heterocycles. The maximum Gasteiger partial charge on any atom is 0.254 e. The van der Waals surface area contributed by atoms with Crippen molar-refractivity contribution < 1.29 is 9.63 Å². The molecule has 2 aromatic rings. The van der Waals surface area contributed by atoms with Gasteiger partial charge in [0, 0.05) is 34.6 Å². The smallest absolute Gasteiger partial charge is 0.254 e. The van der Waals surface area contributed by atoms with Gasteiger partial charge in [-0.05, 0) is 102 Å². The molecule has 0 saturated carbocycles. The molecule has 0 bridgehead atoms. The van der Waals surface area contributed by atoms with E-state index in [0.29, 0.717) is 5.92 Å². The van der Waals surface area contributed by atoms with Crippen molar-refractivity contribution in [1.82, 2.24) is 9.80 Å². The molecule has 6 heteroatoms. The minimum absolute atomic E-state index is 0.0609. The van der Waals surface area contributed by atoms with Crippen LogP contribution in [0.15, 0.2) is 52.1 Å². The Labute approximate surface area is 225 Å². The minimum atomic E-state index is 0.0609. The molecule has 2 aromatic carbocycles. The lowest BCUT2D eigenvalue weighted by molar-refractivity contribution is 0.0158. The van der Waals surface area contributed by atoms with Gasteiger partial charge in [-0.2, -0.15) is 0 Å². The van der Waals surface area contributed by atoms with E-state index in [9.17, 15) is 4.79 Å². The summed E-state index contributed by atoms with van der Waals surface area (Å²) in [6.45, 7) is 14.2. The Bertz CT molecular complexity index is 1060. The molecule has 0 N–H and O–H groups in total. The number of nitrogens with zero attached hydrogens (tertiary/aromatic N) is 3. The SMILES string of the molecule is Cc1cccc(C)c1C(=O)N1CCC(C)(N2CCC(/C(=N\OC(C)C)c3ccc(Br)cc3)CC2)CC1. The van der Waals surface area contributed by atoms with Gasteiger partial charge in [0.1, 0.15) is 6.10 Å². The monoisotopic (exact) mass is 553 g/mol. The lowest BCUT2D eigenvalue weighted by atomic mass is 9.82. The largest absolute Gasteiger partial charge is 0.393 e. The van der Waals surface area contributed by atoms with Gasteiger partial charge in [0.15, 0.2) is 0 Å². The van der Waals surface area contributed by atoms with Crippen LogP contribution in [0.5, 0.6) is 0 Å². The number of halogens is 1. The van der Waals surface area contributed by atoms with Gasteiger partial charge in [-0.1, -0.05) is 51.4 Å². The summed E-state index contributed by atoms with van der Waals surface area (Å²) in [5.41, 5.74) is 5.36. The van der Waals surface area contributed by atoms with Crippen LogP contribution in [0.3, 0.4) is 0 Å². The normalized spacial score (nSPS) is 19.5. The molecular weight excluding hydrogens is 514 g/mol. The van der Waals surface area contributed by atoms with Crippen molar-refractivity contribution in [2.45, 2.75) is 71.9 Å². The van der Waals surface area contributed by atoms with Crippen LogP contribution in [0.25, 0.3) is 0 Å². The second-order valence-corrected chi connectivity index (χ2v) is 11.9. The van der Waals surface area contributed by atoms with E-state index in [4.69, 9.17) is 4.84 Å². The van der Waals surface area contributed by atoms with Crippen LogP contribution in [0, 0.1) is 19.8 Å². The predicted molar refractivity (Wildman–Crippen MR) is 151 cm³/mol. The highest BCUT2D eigenvalue weighted by atomic mass is 79.9. The number of hydrogen-bond acceptors (Lipinski definition) is 4. The topological polar surface area (TPSA) is 45.1 Å². The van der Waals surface area contributed by atoms with E-state index in [1.165, 1.54) is 0 Å². The average Bonchev–Trinajstić information content (AvgIpc) is 2.85. The number of piperidine rings is 2. The number of amides is 1. The van der Waals surface area contributed by atoms with Gasteiger partial charge in [-0.15, -0.1) is 0 Å². The quantitative estimate of drug-likeness (QED) is 0.299. The van der Waals surface area contributed by atoms with Gasteiger partial charge in [-0.3, -0.25) is 9.69 Å². The molecule has 0 spiro atoms. The molecule has 0 aliphatic carbocycles. The number of aryl methyl sites for hydroxylation is 2. The number of benzene rings is 2. The fourth-order valence-electron chi connectivity index (χ4n) is 5.66. The van der Waals surface area contributed by atoms with E-state index >= 15 is 0 Å². The van der Waals surface area contributed by atoms with Crippen LogP contribution in [-0.2, 0) is 4.84 Å². The van der Waals surface area contributed by atoms with Gasteiger partial charge < -0.3 is 9.74 Å². The third-order valence-electron chi connectivity index (χ3n) is 7.97. The summed E-state index contributed by atoms with van der Waals surface area (Å²) in [7, 11) is 0. The number of rotatable bonds is 6. The zero-order valence-corrected chi connectivity index (χ0v) is 24.0. The molecule has 2 heterocycles. The molecule has 5 nitrogen and oxygen atoms in total. The fraction of sp³-hybridized carbons (Fsp3) is 0.533. The zero-order valence-electron chi connectivity index (χ0n) is 22.4. The van der Waals surface area contributed by atoms with E-state index in [1.807, 2.05) is 45.9 Å². The number of oxime groups is 1. The van der Waals surface area contributed by atoms with Crippen molar-refractivity contribution in [3.05, 3.63) is 69.2 Å². The first kappa shape index (κ1) is 26.9. The van der Waals surface area contributed by atoms with Crippen LogP contribution >= 0.6 is 15.9 Å². The number of carbonyl (C=O) groups excluding carboxylic acids is 1. The summed E-state index contributed by atoms with van der Waals surface area (Å²) in [5, 5.41) is 4.61. The van der Waals surface area contributed by atoms with E-state index in [-0.39, 0.29) is 17.6 Å². The first-order valence-electron chi connectivity index (χ1n) is 13.3. The Morgan fingerprint density at radius 1 is 1.00 bits per heavy atom. The van der Waals surface area contributed by atoms with Gasteiger partial charge in [0.2, 0.25) is 0 Å². The molecule has 2 aliphatic heterocycles. The van der Waals surface area contributed by atoms with Gasteiger partial charge >= 0.3 is 0 Å². The molecular formula is C30H40BrN3O2. The molecule has 1 amide bonds. The van der Waals surface area contributed by atoms with Gasteiger partial charge in [-0.25, -0.2) is 0 Å². The van der Waals surface area contributed by atoms with Gasteiger partial charge in [0.05, 0.1) is 5.71 Å². The molecule has 2 saturated heterocycles. The summed E-state index contributed by atoms with van der Waals surface area (Å²) in [6.07, 6.45) is 4.22. The first-order chi connectivity index (χ1) is 17.2. The van der Waals surface area contributed by atoms with Gasteiger partial charge in [0.25, 0.3) is 5.91 Å². The van der Waals surface area contributed by atoms with Crippen LogP contribution in [-0.4, -0.2) is 59.2 Å². The Morgan fingerprint density at radius 2 is 1.58 bits per heavy atom. The fourth-order valence-corrected chi connectivity index (χ4v) is 5.92. The lowest BCUT2D eigenvalue weighted by Gasteiger charge is -2.49. The molecule has 194 valence electrons. The van der Waals surface area contributed by atoms with Crippen molar-refractivity contribution in [3.63, 3.8) is 0 Å². The molecule has 0 atom stereocenters. The highest BCUT2D eigenvalue weighted by Crippen LogP contribution is 2.34. The van der Waals surface area contributed by atoms with Crippen molar-refractivity contribution in [1.29, 1.82) is 0 Å². The van der Waals surface area contributed by atoms with Crippen LogP contribution < -0.4 is 0 Å². The molecule has 4 rings (SSSR count). The highest BCUT2D eigenvalue weighted by molar-refractivity contribution is 9.10. The number of hydrogen-bond donors (Lipinski definition) is 0. The molecule has 0 unspecified atom stereocenters. The summed E-state index contributed by atoms with van der Waals surface area (Å²) in [6, 6.07) is 14.5. The molecule has 2 fully saturated rings. The molecule has 0 radical (unpaired) electrons. The number of carbonyl (C=O) groups is 1. The van der Waals surface area contributed by atoms with Crippen molar-refractivity contribution in [3.8, 4) is 0 Å². The standard InChI is InChI=1S/C30H40BrN3O2/c1-21(2)36-32-28(24-9-11-26(31)12-10-24)25-13-17-34(18-14-25)30(5)15-19-33(20-16-30)29(35)27-22(3)7-6-8-23(27)4/h6-12,21,25H,13-20H2,1-5H3/b32-28-. The van der Waals surface area contributed by atoms with Crippen LogP contribution in [0.1, 0.15) is 73.5 Å². The van der Waals surface area contributed by atoms with E-state index < -0.39 is 0 Å². The Balaban J connectivity index is 1.39. The summed E-state index contributed by atoms with van der Waals surface area (Å²) < 4.78 is 1.07. The third-order valence-corrected chi connectivity index (χ3v) is 8.50. The van der Waals surface area contributed by atoms with E-state index in [1.54, 1.807) is 0 Å². The Hall–Kier alpha value is -2.18. The average molecular weight is 555 g/mol. The molecule has 36 heavy (non-hydrogen) atoms. The van der Waals surface area contributed by atoms with E-state index in [2.05, 4.69) is 62.1 Å². The minimum Gasteiger partial charge on any atom is -0.393 e. The Morgan fingerprint density at radius 3 is 2.14 bits per heavy atom. The van der Waals surface area contributed by atoms with E-state index in [0.717, 1.165) is 84.3 Å². The second-order valence-electron chi connectivity index (χ2n) is 11.0. The number of likely N-dealkylation sites (tertiary alicyclic amines) is 2. The maximum atomic E-state index is 13.3. The first-order valence-corrected chi connectivity index (χ1v) is 14.1. The van der Waals surface area contributed by atoms with Crippen LogP contribution in [0.4, 0.5) is 0 Å².